The second-order valence-corrected chi connectivity index (χ2v) is 5.63. The Kier molecular flexibility index (Phi) is 9.01. The van der Waals surface area contributed by atoms with Gasteiger partial charge in [-0.15, -0.1) is 0 Å². The summed E-state index contributed by atoms with van der Waals surface area (Å²) < 4.78 is 0. The van der Waals surface area contributed by atoms with Crippen LogP contribution in [0, 0.1) is 0 Å². The Morgan fingerprint density at radius 3 is 2.71 bits per heavy atom. The van der Waals surface area contributed by atoms with Crippen molar-refractivity contribution in [2.75, 3.05) is 32.7 Å². The molecule has 1 atom stereocenters. The van der Waals surface area contributed by atoms with Crippen molar-refractivity contribution in [3.63, 3.8) is 0 Å². The number of nitrogens with zero attached hydrogens (tertiary/aromatic N) is 1. The van der Waals surface area contributed by atoms with Crippen molar-refractivity contribution in [1.82, 2.24) is 20.9 Å². The van der Waals surface area contributed by atoms with Gasteiger partial charge in [0.05, 0.1) is 6.54 Å². The molecule has 0 saturated carbocycles. The molecule has 3 amide bonds. The van der Waals surface area contributed by atoms with E-state index in [0.717, 1.165) is 38.9 Å². The van der Waals surface area contributed by atoms with Crippen LogP contribution < -0.4 is 16.0 Å². The van der Waals surface area contributed by atoms with Crippen LogP contribution in [0.15, 0.2) is 0 Å². The highest BCUT2D eigenvalue weighted by molar-refractivity contribution is 5.95. The SMILES string of the molecule is CCCCNC(=O)NC(=O)CN(CC)CC1CCCCN1. The van der Waals surface area contributed by atoms with Gasteiger partial charge in [-0.3, -0.25) is 15.0 Å². The summed E-state index contributed by atoms with van der Waals surface area (Å²) in [5, 5.41) is 8.55. The monoisotopic (exact) mass is 298 g/mol. The minimum absolute atomic E-state index is 0.235. The van der Waals surface area contributed by atoms with Gasteiger partial charge >= 0.3 is 6.03 Å². The molecule has 1 saturated heterocycles. The number of hydrogen-bond acceptors (Lipinski definition) is 4. The Labute approximate surface area is 128 Å². The first-order valence-corrected chi connectivity index (χ1v) is 8.19. The maximum atomic E-state index is 11.9. The first-order valence-electron chi connectivity index (χ1n) is 8.19. The van der Waals surface area contributed by atoms with Gasteiger partial charge in [0, 0.05) is 19.1 Å². The highest BCUT2D eigenvalue weighted by atomic mass is 16.2. The fourth-order valence-electron chi connectivity index (χ4n) is 2.49. The molecule has 1 fully saturated rings. The lowest BCUT2D eigenvalue weighted by molar-refractivity contribution is -0.121. The molecular weight excluding hydrogens is 268 g/mol. The summed E-state index contributed by atoms with van der Waals surface area (Å²) in [6, 6.07) is 0.0742. The fourth-order valence-corrected chi connectivity index (χ4v) is 2.49. The minimum atomic E-state index is -0.389. The highest BCUT2D eigenvalue weighted by Gasteiger charge is 2.18. The van der Waals surface area contributed by atoms with E-state index in [1.165, 1.54) is 12.8 Å². The van der Waals surface area contributed by atoms with Gasteiger partial charge in [-0.1, -0.05) is 26.7 Å². The van der Waals surface area contributed by atoms with Gasteiger partial charge in [-0.25, -0.2) is 4.79 Å². The number of carbonyl (C=O) groups is 2. The number of amides is 3. The summed E-state index contributed by atoms with van der Waals surface area (Å²) in [6.07, 6.45) is 5.60. The molecule has 0 radical (unpaired) electrons. The third-order valence-electron chi connectivity index (χ3n) is 3.77. The van der Waals surface area contributed by atoms with Crippen LogP contribution in [-0.4, -0.2) is 55.6 Å². The molecule has 21 heavy (non-hydrogen) atoms. The standard InChI is InChI=1S/C15H30N4O2/c1-3-5-9-17-15(21)18-14(20)12-19(4-2)11-13-8-6-7-10-16-13/h13,16H,3-12H2,1-2H3,(H2,17,18,20,21). The fraction of sp³-hybridized carbons (Fsp3) is 0.867. The van der Waals surface area contributed by atoms with Gasteiger partial charge in [0.25, 0.3) is 0 Å². The van der Waals surface area contributed by atoms with E-state index in [1.807, 2.05) is 6.92 Å². The van der Waals surface area contributed by atoms with E-state index in [0.29, 0.717) is 12.6 Å². The molecule has 1 aliphatic heterocycles. The molecule has 1 rings (SSSR count). The van der Waals surface area contributed by atoms with Crippen LogP contribution in [0.3, 0.4) is 0 Å². The smallest absolute Gasteiger partial charge is 0.321 e. The topological polar surface area (TPSA) is 73.5 Å². The number of rotatable bonds is 8. The maximum absolute atomic E-state index is 11.9. The van der Waals surface area contributed by atoms with Crippen LogP contribution in [0.25, 0.3) is 0 Å². The van der Waals surface area contributed by atoms with E-state index in [2.05, 4.69) is 27.8 Å². The third kappa shape index (κ3) is 8.02. The van der Waals surface area contributed by atoms with Gasteiger partial charge in [-0.2, -0.15) is 0 Å². The summed E-state index contributed by atoms with van der Waals surface area (Å²) >= 11 is 0. The third-order valence-corrected chi connectivity index (χ3v) is 3.77. The van der Waals surface area contributed by atoms with Gasteiger partial charge < -0.3 is 10.6 Å². The van der Waals surface area contributed by atoms with Crippen molar-refractivity contribution in [1.29, 1.82) is 0 Å². The van der Waals surface area contributed by atoms with Crippen molar-refractivity contribution in [3.8, 4) is 0 Å². The maximum Gasteiger partial charge on any atom is 0.321 e. The molecule has 3 N–H and O–H groups in total. The number of piperidine rings is 1. The van der Waals surface area contributed by atoms with E-state index >= 15 is 0 Å². The lowest BCUT2D eigenvalue weighted by atomic mass is 10.0. The van der Waals surface area contributed by atoms with Crippen LogP contribution >= 0.6 is 0 Å². The first-order chi connectivity index (χ1) is 10.2. The van der Waals surface area contributed by atoms with Gasteiger partial charge in [0.2, 0.25) is 5.91 Å². The summed E-state index contributed by atoms with van der Waals surface area (Å²) in [5.74, 6) is -0.235. The molecule has 6 heteroatoms. The zero-order valence-electron chi connectivity index (χ0n) is 13.4. The zero-order valence-corrected chi connectivity index (χ0v) is 13.4. The largest absolute Gasteiger partial charge is 0.338 e. The average Bonchev–Trinajstić information content (AvgIpc) is 2.47. The number of nitrogens with one attached hydrogen (secondary N) is 3. The molecular formula is C15H30N4O2. The number of likely N-dealkylation sites (N-methyl/N-ethyl adjacent to an activating group) is 1. The van der Waals surface area contributed by atoms with Crippen LogP contribution in [0.4, 0.5) is 4.79 Å². The Bertz CT molecular complexity index is 317. The summed E-state index contributed by atoms with van der Waals surface area (Å²) in [4.78, 5) is 25.5. The second-order valence-electron chi connectivity index (χ2n) is 5.63. The number of unbranched alkanes of at least 4 members (excludes halogenated alkanes) is 1. The molecule has 0 bridgehead atoms. The number of imide groups is 1. The molecule has 122 valence electrons. The van der Waals surface area contributed by atoms with Crippen molar-refractivity contribution >= 4 is 11.9 Å². The minimum Gasteiger partial charge on any atom is -0.338 e. The number of hydrogen-bond donors (Lipinski definition) is 3. The average molecular weight is 298 g/mol. The zero-order chi connectivity index (χ0) is 15.5. The molecule has 1 heterocycles. The number of carbonyl (C=O) groups excluding carboxylic acids is 2. The van der Waals surface area contributed by atoms with E-state index in [9.17, 15) is 9.59 Å². The Hall–Kier alpha value is -1.14. The first kappa shape index (κ1) is 17.9. The van der Waals surface area contributed by atoms with Gasteiger partial charge in [0.1, 0.15) is 0 Å². The Balaban J connectivity index is 2.24. The predicted octanol–water partition coefficient (Wildman–Crippen LogP) is 1.08. The molecule has 0 aromatic rings. The Morgan fingerprint density at radius 2 is 2.10 bits per heavy atom. The van der Waals surface area contributed by atoms with E-state index < -0.39 is 0 Å². The molecule has 0 aliphatic carbocycles. The van der Waals surface area contributed by atoms with Crippen LogP contribution in [0.1, 0.15) is 46.0 Å². The van der Waals surface area contributed by atoms with Crippen LogP contribution in [0.2, 0.25) is 0 Å². The van der Waals surface area contributed by atoms with E-state index in [4.69, 9.17) is 0 Å². The van der Waals surface area contributed by atoms with E-state index in [-0.39, 0.29) is 18.5 Å². The molecule has 0 aromatic heterocycles. The van der Waals surface area contributed by atoms with Crippen LogP contribution in [-0.2, 0) is 4.79 Å². The van der Waals surface area contributed by atoms with Gasteiger partial charge in [-0.05, 0) is 32.4 Å². The van der Waals surface area contributed by atoms with Crippen molar-refractivity contribution in [3.05, 3.63) is 0 Å². The molecule has 6 nitrogen and oxygen atoms in total. The summed E-state index contributed by atoms with van der Waals surface area (Å²) in [7, 11) is 0. The lowest BCUT2D eigenvalue weighted by Gasteiger charge is -2.29. The molecule has 0 aromatic carbocycles. The van der Waals surface area contributed by atoms with Crippen molar-refractivity contribution < 1.29 is 9.59 Å². The second kappa shape index (κ2) is 10.6. The van der Waals surface area contributed by atoms with Crippen LogP contribution in [0.5, 0.6) is 0 Å². The van der Waals surface area contributed by atoms with Crippen molar-refractivity contribution in [2.24, 2.45) is 0 Å². The normalized spacial score (nSPS) is 18.5. The molecule has 0 spiro atoms. The quantitative estimate of drug-likeness (QED) is 0.586. The van der Waals surface area contributed by atoms with Crippen molar-refractivity contribution in [2.45, 2.75) is 52.0 Å². The number of urea groups is 1. The lowest BCUT2D eigenvalue weighted by Crippen LogP contribution is -2.48. The molecule has 1 aliphatic rings. The Morgan fingerprint density at radius 1 is 1.29 bits per heavy atom. The summed E-state index contributed by atoms with van der Waals surface area (Å²) in [6.45, 7) is 7.72. The van der Waals surface area contributed by atoms with Gasteiger partial charge in [0.15, 0.2) is 0 Å². The molecule has 1 unspecified atom stereocenters. The summed E-state index contributed by atoms with van der Waals surface area (Å²) in [5.41, 5.74) is 0. The van der Waals surface area contributed by atoms with E-state index in [1.54, 1.807) is 0 Å². The predicted molar refractivity (Wildman–Crippen MR) is 84.2 cm³/mol. The highest BCUT2D eigenvalue weighted by Crippen LogP contribution is 2.08.